The van der Waals surface area contributed by atoms with Crippen molar-refractivity contribution in [3.8, 4) is 16.9 Å². The second-order valence-corrected chi connectivity index (χ2v) is 18.4. The fraction of sp³-hybridized carbons (Fsp3) is 0.360. The Morgan fingerprint density at radius 3 is 2.10 bits per heavy atom. The lowest BCUT2D eigenvalue weighted by atomic mass is 9.91. The number of carbonyl (C=O) groups excluding carboxylic acids is 6. The van der Waals surface area contributed by atoms with Gasteiger partial charge in [-0.2, -0.15) is 5.10 Å². The number of piperidine rings is 2. The zero-order chi connectivity index (χ0) is 48.5. The normalized spacial score (nSPS) is 17.0. The van der Waals surface area contributed by atoms with E-state index in [1.165, 1.54) is 16.8 Å². The van der Waals surface area contributed by atoms with Gasteiger partial charge in [0.05, 0.1) is 32.6 Å². The Kier molecular flexibility index (Phi) is 15.6. The molecule has 5 heterocycles. The number of nitrogens with zero attached hydrogens (tertiary/aromatic N) is 6. The molecule has 1 atom stereocenters. The first-order valence-electron chi connectivity index (χ1n) is 23.2. The zero-order valence-electron chi connectivity index (χ0n) is 38.0. The number of likely N-dealkylation sites (tertiary alicyclic amines) is 1. The van der Waals surface area contributed by atoms with Crippen LogP contribution in [0, 0.1) is 0 Å². The van der Waals surface area contributed by atoms with Gasteiger partial charge in [0.1, 0.15) is 11.9 Å². The molecule has 360 valence electrons. The number of para-hydroxylation sites is 1. The van der Waals surface area contributed by atoms with Crippen molar-refractivity contribution in [1.82, 2.24) is 35.2 Å². The Bertz CT molecular complexity index is 2670. The second-order valence-electron chi connectivity index (χ2n) is 17.6. The van der Waals surface area contributed by atoms with Crippen molar-refractivity contribution in [3.05, 3.63) is 118 Å². The van der Waals surface area contributed by atoms with Crippen LogP contribution in [-0.4, -0.2) is 123 Å². The van der Waals surface area contributed by atoms with E-state index in [2.05, 4.69) is 36.2 Å². The second kappa shape index (κ2) is 22.1. The Balaban J connectivity index is 0.748. The van der Waals surface area contributed by atoms with Crippen LogP contribution >= 0.6 is 23.2 Å². The summed E-state index contributed by atoms with van der Waals surface area (Å²) in [5.41, 5.74) is 2.41. The number of hydrogen-bond acceptors (Lipinski definition) is 11. The summed E-state index contributed by atoms with van der Waals surface area (Å²) in [5.74, 6) is -1.36. The smallest absolute Gasteiger partial charge is 0.271 e. The molecule has 3 aliphatic rings. The van der Waals surface area contributed by atoms with Gasteiger partial charge in [-0.15, -0.1) is 0 Å². The van der Waals surface area contributed by atoms with Gasteiger partial charge in [0, 0.05) is 94.3 Å². The standard InChI is InChI=1S/C50H54Cl2N10O7/c51-38-30-39(52)37(29-36(38)40-11-7-8-22-53-40)47(66)56-43-31-42(58-62(43)35-9-3-1-4-10-35)48(67)54-32-50(69)20-23-60(24-21-50)45(64)12-5-2-6-13-46(65)61-27-25-59(26-28-61)34-16-14-33(15-17-34)55-41-18-19-44(63)57-49(41)68/h1,3-4,7-11,14-17,22,29-31,41,55,69H,2,5-6,12-13,18-21,23-28,32H2,(H,54,67)(H,56,66)(H,57,63,68). The lowest BCUT2D eigenvalue weighted by Gasteiger charge is -2.38. The highest BCUT2D eigenvalue weighted by molar-refractivity contribution is 6.38. The minimum absolute atomic E-state index is 0.00260. The van der Waals surface area contributed by atoms with Gasteiger partial charge in [-0.25, -0.2) is 4.68 Å². The average molecular weight is 978 g/mol. The molecule has 3 saturated heterocycles. The first-order chi connectivity index (χ1) is 33.3. The van der Waals surface area contributed by atoms with E-state index in [1.54, 1.807) is 59.6 Å². The van der Waals surface area contributed by atoms with Crippen LogP contribution in [0.3, 0.4) is 0 Å². The largest absolute Gasteiger partial charge is 0.388 e. The highest BCUT2D eigenvalue weighted by Gasteiger charge is 2.35. The number of imide groups is 1. The Labute approximate surface area is 409 Å². The maximum Gasteiger partial charge on any atom is 0.271 e. The highest BCUT2D eigenvalue weighted by atomic mass is 35.5. The number of aromatic nitrogens is 3. The number of benzene rings is 3. The molecule has 5 aromatic rings. The van der Waals surface area contributed by atoms with Crippen molar-refractivity contribution in [3.63, 3.8) is 0 Å². The molecule has 0 saturated carbocycles. The minimum atomic E-state index is -1.24. The molecule has 17 nitrogen and oxygen atoms in total. The highest BCUT2D eigenvalue weighted by Crippen LogP contribution is 2.33. The summed E-state index contributed by atoms with van der Waals surface area (Å²) in [6, 6.07) is 26.2. The van der Waals surface area contributed by atoms with Crippen molar-refractivity contribution >= 4 is 75.8 Å². The average Bonchev–Trinajstić information content (AvgIpc) is 3.78. The number of halogens is 2. The van der Waals surface area contributed by atoms with Crippen LogP contribution in [0.2, 0.25) is 10.0 Å². The van der Waals surface area contributed by atoms with E-state index in [9.17, 15) is 33.9 Å². The Hall–Kier alpha value is -6.82. The quantitative estimate of drug-likeness (QED) is 0.0564. The molecule has 0 bridgehead atoms. The van der Waals surface area contributed by atoms with Crippen molar-refractivity contribution in [2.24, 2.45) is 0 Å². The molecule has 3 aliphatic heterocycles. The van der Waals surface area contributed by atoms with E-state index < -0.39 is 23.5 Å². The molecule has 5 N–H and O–H groups in total. The van der Waals surface area contributed by atoms with Crippen molar-refractivity contribution in [2.45, 2.75) is 69.4 Å². The van der Waals surface area contributed by atoms with Crippen LogP contribution in [0.25, 0.3) is 16.9 Å². The van der Waals surface area contributed by atoms with E-state index in [-0.39, 0.29) is 65.1 Å². The number of carbonyl (C=O) groups is 6. The van der Waals surface area contributed by atoms with Crippen molar-refractivity contribution in [1.29, 1.82) is 0 Å². The van der Waals surface area contributed by atoms with Crippen LogP contribution in [0.4, 0.5) is 17.2 Å². The topological polar surface area (TPSA) is 211 Å². The fourth-order valence-electron chi connectivity index (χ4n) is 8.72. The summed E-state index contributed by atoms with van der Waals surface area (Å²) in [6.45, 7) is 3.27. The molecule has 2 aromatic heterocycles. The molecular formula is C50H54Cl2N10O7. The first kappa shape index (κ1) is 48.6. The Morgan fingerprint density at radius 2 is 1.43 bits per heavy atom. The number of pyridine rings is 1. The maximum atomic E-state index is 13.7. The number of piperazine rings is 1. The molecule has 19 heteroatoms. The molecule has 1 unspecified atom stereocenters. The van der Waals surface area contributed by atoms with Crippen molar-refractivity contribution in [2.75, 3.05) is 61.3 Å². The van der Waals surface area contributed by atoms with Gasteiger partial charge in [-0.3, -0.25) is 39.1 Å². The third kappa shape index (κ3) is 12.3. The summed E-state index contributed by atoms with van der Waals surface area (Å²) >= 11 is 13.0. The van der Waals surface area contributed by atoms with E-state index in [1.807, 2.05) is 35.2 Å². The molecular weight excluding hydrogens is 924 g/mol. The zero-order valence-corrected chi connectivity index (χ0v) is 39.5. The molecule has 8 rings (SSSR count). The van der Waals surface area contributed by atoms with Gasteiger partial charge < -0.3 is 35.8 Å². The lowest BCUT2D eigenvalue weighted by molar-refractivity contribution is -0.136. The summed E-state index contributed by atoms with van der Waals surface area (Å²) in [7, 11) is 0. The van der Waals surface area contributed by atoms with Crippen LogP contribution in [0.1, 0.15) is 78.6 Å². The van der Waals surface area contributed by atoms with Crippen LogP contribution in [0.15, 0.2) is 97.2 Å². The number of nitrogens with one attached hydrogen (secondary N) is 4. The van der Waals surface area contributed by atoms with Crippen LogP contribution in [-0.2, 0) is 19.2 Å². The Morgan fingerprint density at radius 1 is 0.754 bits per heavy atom. The molecule has 0 radical (unpaired) electrons. The third-order valence-electron chi connectivity index (χ3n) is 12.8. The molecule has 0 spiro atoms. The van der Waals surface area contributed by atoms with Gasteiger partial charge in [-0.1, -0.05) is 53.9 Å². The lowest BCUT2D eigenvalue weighted by Crippen LogP contribution is -2.52. The van der Waals surface area contributed by atoms with Gasteiger partial charge in [-0.05, 0) is 92.8 Å². The molecule has 0 aliphatic carbocycles. The summed E-state index contributed by atoms with van der Waals surface area (Å²) in [4.78, 5) is 87.1. The van der Waals surface area contributed by atoms with Crippen LogP contribution < -0.4 is 26.2 Å². The maximum absolute atomic E-state index is 13.7. The number of anilines is 3. The van der Waals surface area contributed by atoms with E-state index in [0.717, 1.165) is 17.8 Å². The number of rotatable bonds is 16. The molecule has 3 fully saturated rings. The van der Waals surface area contributed by atoms with Gasteiger partial charge in [0.25, 0.3) is 11.8 Å². The first-order valence-corrected chi connectivity index (χ1v) is 24.0. The predicted molar refractivity (Wildman–Crippen MR) is 262 cm³/mol. The summed E-state index contributed by atoms with van der Waals surface area (Å²) < 4.78 is 1.44. The predicted octanol–water partition coefficient (Wildman–Crippen LogP) is 6.09. The monoisotopic (exact) mass is 976 g/mol. The molecule has 69 heavy (non-hydrogen) atoms. The summed E-state index contributed by atoms with van der Waals surface area (Å²) in [6.07, 6.45) is 5.80. The van der Waals surface area contributed by atoms with E-state index in [0.29, 0.717) is 99.8 Å². The number of amides is 6. The third-order valence-corrected chi connectivity index (χ3v) is 13.4. The molecule has 3 aromatic carbocycles. The van der Waals surface area contributed by atoms with Gasteiger partial charge in [0.15, 0.2) is 5.69 Å². The number of aliphatic hydroxyl groups is 1. The number of unbranched alkanes of at least 4 members (excludes halogenated alkanes) is 2. The number of hydrogen-bond donors (Lipinski definition) is 5. The molecule has 6 amide bonds. The minimum Gasteiger partial charge on any atom is -0.388 e. The van der Waals surface area contributed by atoms with E-state index in [4.69, 9.17) is 23.2 Å². The van der Waals surface area contributed by atoms with Gasteiger partial charge in [0.2, 0.25) is 23.6 Å². The van der Waals surface area contributed by atoms with Crippen molar-refractivity contribution < 1.29 is 33.9 Å². The SMILES string of the molecule is O=C1CCC(Nc2ccc(N3CCN(C(=O)CCCCCC(=O)N4CCC(O)(CNC(=O)c5cc(NC(=O)c6cc(-c7ccccn7)c(Cl)cc6Cl)n(-c6ccccc6)n5)CC4)CC3)cc2)C(=O)N1. The van der Waals surface area contributed by atoms with Gasteiger partial charge >= 0.3 is 0 Å². The van der Waals surface area contributed by atoms with E-state index >= 15 is 0 Å². The fourth-order valence-corrected chi connectivity index (χ4v) is 9.28. The van der Waals surface area contributed by atoms with Crippen LogP contribution in [0.5, 0.6) is 0 Å². The summed E-state index contributed by atoms with van der Waals surface area (Å²) in [5, 5.41) is 27.6.